The van der Waals surface area contributed by atoms with Crippen molar-refractivity contribution >= 4 is 47.0 Å². The number of carbonyl (C=O) groups excluding carboxylic acids is 8. The summed E-state index contributed by atoms with van der Waals surface area (Å²) in [6, 6.07) is 0. The summed E-state index contributed by atoms with van der Waals surface area (Å²) in [6.07, 6.45) is 9.26. The number of aliphatic hydroxyl groups excluding tert-OH is 2. The van der Waals surface area contributed by atoms with E-state index in [0.717, 1.165) is 12.2 Å². The van der Waals surface area contributed by atoms with Crippen LogP contribution in [0.4, 0.5) is 4.79 Å². The summed E-state index contributed by atoms with van der Waals surface area (Å²) < 4.78 is 28.3. The number of nitrogens with two attached hydrogens (primary N) is 2. The van der Waals surface area contributed by atoms with Crippen LogP contribution in [0.3, 0.4) is 0 Å². The number of carbonyl (C=O) groups is 8. The molecule has 0 aromatic rings. The zero-order valence-electron chi connectivity index (χ0n) is 52.0. The van der Waals surface area contributed by atoms with E-state index in [0.29, 0.717) is 50.2 Å². The second-order valence-electron chi connectivity index (χ2n) is 22.8. The number of ether oxygens (including phenoxy) is 5. The first-order valence-electron chi connectivity index (χ1n) is 29.0. The predicted octanol–water partition coefficient (Wildman–Crippen LogP) is 4.00. The van der Waals surface area contributed by atoms with E-state index in [1.165, 1.54) is 66.6 Å². The van der Waals surface area contributed by atoms with Gasteiger partial charge in [0.2, 0.25) is 23.1 Å². The Morgan fingerprint density at radius 3 is 1.47 bits per heavy atom. The lowest BCUT2D eigenvalue weighted by atomic mass is 9.84. The van der Waals surface area contributed by atoms with Crippen molar-refractivity contribution in [1.82, 2.24) is 26.2 Å². The standard InChI is InChI=1S/C63H91N7O16/c1-34-26-42-53(46(71)32-44(57(42)75)68-60(77)36(3)18-14-20-48(81-10)52(62(79)86-65)38(5)30-39(6)55(73)50(28-34)83-12)66-22-16-24-70(9)25-17-23-67-54-43-27-35(2)29-51(84-13)56(74)40(7)31-41(8)59(85-63(64)80)49(82-11)21-15-19-37(4)61(78)69-45(58(43)76)33-47(54)72/h14-15,18-21,30-35,39-40,48-52,55-56,59,66-67,73-74H,16-17,22-29,65H2,1-13H3,(H2,64,80)(H,68,77)(H,69,78)/b20-14-,21-15-,36-18+,37-19+,38-30+,41-31+. The summed E-state index contributed by atoms with van der Waals surface area (Å²) in [5.74, 6) is -1.53. The van der Waals surface area contributed by atoms with Crippen LogP contribution in [0.15, 0.2) is 117 Å². The van der Waals surface area contributed by atoms with E-state index in [4.69, 9.17) is 35.3 Å². The van der Waals surface area contributed by atoms with E-state index in [2.05, 4.69) is 31.0 Å². The van der Waals surface area contributed by atoms with Crippen LogP contribution in [0.5, 0.6) is 0 Å². The number of rotatable bonds is 16. The van der Waals surface area contributed by atoms with Crippen molar-refractivity contribution in [2.75, 3.05) is 61.7 Å². The number of allylic oxidation sites excluding steroid dienone is 8. The maximum Gasteiger partial charge on any atom is 0.405 e. The molecular formula is C63H91N7O16. The fourth-order valence-electron chi connectivity index (χ4n) is 10.9. The zero-order chi connectivity index (χ0) is 64.1. The van der Waals surface area contributed by atoms with E-state index in [1.54, 1.807) is 52.0 Å². The molecule has 10 N–H and O–H groups in total. The summed E-state index contributed by atoms with van der Waals surface area (Å²) in [5.41, 5.74) is 7.00. The molecule has 0 spiro atoms. The third-order valence-electron chi connectivity index (χ3n) is 15.8. The van der Waals surface area contributed by atoms with Crippen LogP contribution in [0.25, 0.3) is 0 Å². The average Bonchev–Trinajstić information content (AvgIpc) is 3.48. The van der Waals surface area contributed by atoms with Gasteiger partial charge in [-0.25, -0.2) is 9.59 Å². The van der Waals surface area contributed by atoms with E-state index in [1.807, 2.05) is 20.9 Å². The lowest BCUT2D eigenvalue weighted by Gasteiger charge is -2.30. The van der Waals surface area contributed by atoms with E-state index in [9.17, 15) is 48.6 Å². The second-order valence-corrected chi connectivity index (χ2v) is 22.8. The normalized spacial score (nSPS) is 31.5. The Bertz CT molecular complexity index is 2820. The Labute approximate surface area is 505 Å². The molecule has 4 bridgehead atoms. The molecule has 3 amide bonds. The largest absolute Gasteiger partial charge is 0.439 e. The molecule has 0 radical (unpaired) electrons. The lowest BCUT2D eigenvalue weighted by Crippen LogP contribution is -2.38. The van der Waals surface area contributed by atoms with Gasteiger partial charge in [0.1, 0.15) is 12.0 Å². The van der Waals surface area contributed by atoms with Gasteiger partial charge in [0.25, 0.3) is 11.8 Å². The summed E-state index contributed by atoms with van der Waals surface area (Å²) >= 11 is 0. The molecule has 0 saturated carbocycles. The molecule has 0 saturated heterocycles. The quantitative estimate of drug-likeness (QED) is 0.0469. The number of hydrogen-bond donors (Lipinski definition) is 8. The minimum absolute atomic E-state index is 0.0916. The van der Waals surface area contributed by atoms with Crippen LogP contribution in [0, 0.1) is 29.6 Å². The van der Waals surface area contributed by atoms with E-state index in [-0.39, 0.29) is 82.6 Å². The molecule has 2 aliphatic carbocycles. The van der Waals surface area contributed by atoms with Gasteiger partial charge in [0.05, 0.1) is 53.3 Å². The number of amides is 3. The third-order valence-corrected chi connectivity index (χ3v) is 15.8. The fourth-order valence-corrected chi connectivity index (χ4v) is 10.9. The van der Waals surface area contributed by atoms with Gasteiger partial charge in [-0.1, -0.05) is 81.9 Å². The van der Waals surface area contributed by atoms with Crippen molar-refractivity contribution in [3.63, 3.8) is 0 Å². The maximum absolute atomic E-state index is 14.3. The molecule has 0 aromatic heterocycles. The van der Waals surface area contributed by atoms with Crippen LogP contribution in [-0.4, -0.2) is 167 Å². The molecule has 0 fully saturated rings. The van der Waals surface area contributed by atoms with Crippen LogP contribution in [-0.2, 0) is 62.1 Å². The van der Waals surface area contributed by atoms with Gasteiger partial charge in [-0.05, 0) is 104 Å². The minimum atomic E-state index is -1.06. The molecule has 4 aliphatic rings. The van der Waals surface area contributed by atoms with Crippen molar-refractivity contribution in [3.8, 4) is 0 Å². The van der Waals surface area contributed by atoms with Gasteiger partial charge in [0, 0.05) is 87.8 Å². The van der Waals surface area contributed by atoms with Gasteiger partial charge in [-0.15, -0.1) is 0 Å². The molecule has 12 unspecified atom stereocenters. The first-order chi connectivity index (χ1) is 40.7. The monoisotopic (exact) mass is 1200 g/mol. The fraction of sp³-hybridized carbons (Fsp3) is 0.556. The molecule has 2 aliphatic heterocycles. The first kappa shape index (κ1) is 71.5. The highest BCUT2D eigenvalue weighted by Gasteiger charge is 2.37. The highest BCUT2D eigenvalue weighted by Crippen LogP contribution is 2.32. The zero-order valence-corrected chi connectivity index (χ0v) is 52.0. The molecule has 4 rings (SSSR count). The Morgan fingerprint density at radius 2 is 1.07 bits per heavy atom. The van der Waals surface area contributed by atoms with Crippen LogP contribution < -0.4 is 32.9 Å². The molecular weight excluding hydrogens is 1110 g/mol. The molecule has 0 aromatic carbocycles. The first-order valence-corrected chi connectivity index (χ1v) is 29.0. The minimum Gasteiger partial charge on any atom is -0.439 e. The molecule has 23 heteroatoms. The van der Waals surface area contributed by atoms with Crippen molar-refractivity contribution < 1.29 is 77.1 Å². The number of aliphatic hydroxyl groups is 2. The highest BCUT2D eigenvalue weighted by atomic mass is 16.7. The lowest BCUT2D eigenvalue weighted by molar-refractivity contribution is -0.151. The Hall–Kier alpha value is -6.96. The second kappa shape index (κ2) is 34.4. The topological polar surface area (TPSA) is 336 Å². The summed E-state index contributed by atoms with van der Waals surface area (Å²) in [7, 11) is 7.66. The molecule has 86 heavy (non-hydrogen) atoms. The number of Topliss-reactive ketones (excluding diaryl/α,β-unsaturated/α-hetero) is 2. The van der Waals surface area contributed by atoms with Gasteiger partial charge in [0.15, 0.2) is 6.10 Å². The van der Waals surface area contributed by atoms with Crippen molar-refractivity contribution in [3.05, 3.63) is 117 Å². The number of hydrogen-bond acceptors (Lipinski definition) is 20. The Kier molecular flexibility index (Phi) is 28.6. The number of nitrogens with one attached hydrogen (secondary N) is 4. The highest BCUT2D eigenvalue weighted by molar-refractivity contribution is 6.24. The van der Waals surface area contributed by atoms with E-state index < -0.39 is 107 Å². The number of fused-ring (bicyclic) bond motifs is 4. The van der Waals surface area contributed by atoms with Gasteiger partial charge < -0.3 is 70.6 Å². The molecule has 23 nitrogen and oxygen atoms in total. The van der Waals surface area contributed by atoms with Gasteiger partial charge in [-0.2, -0.15) is 5.90 Å². The van der Waals surface area contributed by atoms with E-state index >= 15 is 0 Å². The number of ketones is 4. The van der Waals surface area contributed by atoms with Crippen molar-refractivity contribution in [2.24, 2.45) is 41.2 Å². The predicted molar refractivity (Wildman–Crippen MR) is 321 cm³/mol. The Balaban J connectivity index is 1.51. The summed E-state index contributed by atoms with van der Waals surface area (Å²) in [5, 5.41) is 34.8. The van der Waals surface area contributed by atoms with Crippen LogP contribution in [0.1, 0.15) is 93.9 Å². The summed E-state index contributed by atoms with van der Waals surface area (Å²) in [4.78, 5) is 115. The Morgan fingerprint density at radius 1 is 0.651 bits per heavy atom. The third kappa shape index (κ3) is 20.1. The number of primary amides is 1. The summed E-state index contributed by atoms with van der Waals surface area (Å²) in [6.45, 7) is 15.5. The SMILES string of the molecule is COC1/C=C\C=C(/C)C(=O)NC2=CC(=O)C(NCCCN(C)CCCNC3=C4CC(C)CC(OC)C(O)C(C)/C=C(\C)C(C(=O)ON)C(OC)/C=C\C=C(/C)C(=O)NC(=CC3=O)C4=O)=C(CC(C)CC(OC)C(O)C(C)/C=C(\C)C1OC(N)=O)C2=O. The molecule has 474 valence electrons. The molecule has 2 heterocycles. The van der Waals surface area contributed by atoms with Gasteiger partial charge in [-0.3, -0.25) is 28.8 Å². The van der Waals surface area contributed by atoms with Crippen molar-refractivity contribution in [2.45, 2.75) is 137 Å². The maximum atomic E-state index is 14.3. The average molecular weight is 1200 g/mol. The van der Waals surface area contributed by atoms with Crippen molar-refractivity contribution in [1.29, 1.82) is 0 Å². The smallest absolute Gasteiger partial charge is 0.405 e. The van der Waals surface area contributed by atoms with Crippen LogP contribution >= 0.6 is 0 Å². The molecule has 12 atom stereocenters. The number of methoxy groups -OCH3 is 4. The number of nitrogens with zero attached hydrogens (tertiary/aromatic N) is 1. The van der Waals surface area contributed by atoms with Crippen LogP contribution in [0.2, 0.25) is 0 Å². The van der Waals surface area contributed by atoms with Gasteiger partial charge >= 0.3 is 12.1 Å².